The van der Waals surface area contributed by atoms with Crippen LogP contribution in [0.3, 0.4) is 0 Å². The van der Waals surface area contributed by atoms with E-state index in [0.29, 0.717) is 18.0 Å². The van der Waals surface area contributed by atoms with Gasteiger partial charge in [-0.25, -0.2) is 4.63 Å². The number of hydrogen-bond donors (Lipinski definition) is 0. The number of amides is 2. The van der Waals surface area contributed by atoms with E-state index in [1.807, 2.05) is 36.1 Å². The lowest BCUT2D eigenvalue weighted by molar-refractivity contribution is -0.138. The molecule has 3 aromatic rings. The first-order valence-corrected chi connectivity index (χ1v) is 11.5. The summed E-state index contributed by atoms with van der Waals surface area (Å²) in [5.74, 6) is 0.0375. The van der Waals surface area contributed by atoms with Gasteiger partial charge >= 0.3 is 0 Å². The number of fused-ring (bicyclic) bond motifs is 1. The van der Waals surface area contributed by atoms with Gasteiger partial charge in [0.05, 0.1) is 4.88 Å². The number of aryl methyl sites for hydroxylation is 1. The van der Waals surface area contributed by atoms with Crippen molar-refractivity contribution in [2.45, 2.75) is 32.4 Å². The third-order valence-electron chi connectivity index (χ3n) is 6.22. The molecule has 31 heavy (non-hydrogen) atoms. The van der Waals surface area contributed by atoms with E-state index in [0.717, 1.165) is 48.4 Å². The van der Waals surface area contributed by atoms with Gasteiger partial charge in [-0.15, -0.1) is 11.3 Å². The average Bonchev–Trinajstić information content (AvgIpc) is 3.42. The molecule has 0 unspecified atom stereocenters. The molecule has 2 amide bonds. The van der Waals surface area contributed by atoms with Gasteiger partial charge in [-0.2, -0.15) is 0 Å². The summed E-state index contributed by atoms with van der Waals surface area (Å²) in [4.78, 5) is 33.4. The summed E-state index contributed by atoms with van der Waals surface area (Å²) in [7, 11) is 0. The Morgan fingerprint density at radius 1 is 1.10 bits per heavy atom. The molecule has 2 aromatic heterocycles. The first-order chi connectivity index (χ1) is 15.1. The predicted molar refractivity (Wildman–Crippen MR) is 117 cm³/mol. The van der Waals surface area contributed by atoms with E-state index in [4.69, 9.17) is 4.63 Å². The number of likely N-dealkylation sites (tertiary alicyclic amines) is 1. The van der Waals surface area contributed by atoms with Crippen LogP contribution >= 0.6 is 11.3 Å². The number of piperidine rings is 1. The van der Waals surface area contributed by atoms with Crippen LogP contribution in [0.15, 0.2) is 35.0 Å². The maximum absolute atomic E-state index is 12.8. The zero-order chi connectivity index (χ0) is 21.4. The van der Waals surface area contributed by atoms with Crippen molar-refractivity contribution in [1.29, 1.82) is 0 Å². The summed E-state index contributed by atoms with van der Waals surface area (Å²) in [6.45, 7) is 6.14. The second kappa shape index (κ2) is 8.39. The fourth-order valence-corrected chi connectivity index (χ4v) is 5.36. The molecule has 0 bridgehead atoms. The van der Waals surface area contributed by atoms with Gasteiger partial charge in [0.1, 0.15) is 17.6 Å². The lowest BCUT2D eigenvalue weighted by Gasteiger charge is -2.42. The van der Waals surface area contributed by atoms with Crippen molar-refractivity contribution < 1.29 is 14.2 Å². The van der Waals surface area contributed by atoms with Crippen LogP contribution in [-0.4, -0.2) is 75.6 Å². The van der Waals surface area contributed by atoms with Crippen LogP contribution in [0.25, 0.3) is 11.0 Å². The highest BCUT2D eigenvalue weighted by Crippen LogP contribution is 2.23. The van der Waals surface area contributed by atoms with E-state index in [1.165, 1.54) is 16.9 Å². The molecule has 0 radical (unpaired) electrons. The fraction of sp³-hybridized carbons (Fsp3) is 0.455. The molecule has 0 atom stereocenters. The van der Waals surface area contributed by atoms with Crippen molar-refractivity contribution in [3.05, 3.63) is 45.6 Å². The molecule has 2 fully saturated rings. The quantitative estimate of drug-likeness (QED) is 0.621. The molecular formula is C22H25N5O3S. The molecule has 0 spiro atoms. The summed E-state index contributed by atoms with van der Waals surface area (Å²) in [6, 6.07) is 10.1. The zero-order valence-corrected chi connectivity index (χ0v) is 18.3. The van der Waals surface area contributed by atoms with Crippen molar-refractivity contribution in [1.82, 2.24) is 25.0 Å². The average molecular weight is 440 g/mol. The molecule has 162 valence electrons. The molecule has 0 aliphatic carbocycles. The van der Waals surface area contributed by atoms with Gasteiger partial charge in [-0.3, -0.25) is 14.5 Å². The Kier molecular flexibility index (Phi) is 5.45. The van der Waals surface area contributed by atoms with Gasteiger partial charge < -0.3 is 9.80 Å². The number of hydrogen-bond acceptors (Lipinski definition) is 7. The molecule has 8 nitrogen and oxygen atoms in total. The summed E-state index contributed by atoms with van der Waals surface area (Å²) < 4.78 is 4.77. The number of carbonyl (C=O) groups excluding carboxylic acids is 2. The molecule has 1 aromatic carbocycles. The van der Waals surface area contributed by atoms with E-state index in [1.54, 1.807) is 4.90 Å². The number of rotatable bonds is 4. The smallest absolute Gasteiger partial charge is 0.264 e. The van der Waals surface area contributed by atoms with Gasteiger partial charge in [0.15, 0.2) is 0 Å². The van der Waals surface area contributed by atoms with Crippen molar-refractivity contribution >= 4 is 34.2 Å². The van der Waals surface area contributed by atoms with E-state index in [9.17, 15) is 9.59 Å². The van der Waals surface area contributed by atoms with Crippen molar-refractivity contribution in [3.8, 4) is 0 Å². The van der Waals surface area contributed by atoms with Gasteiger partial charge in [-0.1, -0.05) is 6.07 Å². The van der Waals surface area contributed by atoms with Gasteiger partial charge in [0.2, 0.25) is 5.91 Å². The number of benzene rings is 1. The largest absolute Gasteiger partial charge is 0.336 e. The Bertz CT molecular complexity index is 1100. The maximum Gasteiger partial charge on any atom is 0.264 e. The Morgan fingerprint density at radius 3 is 2.65 bits per heavy atom. The first kappa shape index (κ1) is 20.1. The topological polar surface area (TPSA) is 82.8 Å². The third-order valence-corrected chi connectivity index (χ3v) is 7.21. The van der Waals surface area contributed by atoms with E-state index in [2.05, 4.69) is 21.3 Å². The maximum atomic E-state index is 12.8. The van der Waals surface area contributed by atoms with Gasteiger partial charge in [0.25, 0.3) is 5.91 Å². The summed E-state index contributed by atoms with van der Waals surface area (Å²) in [6.07, 6.45) is 1.91. The van der Waals surface area contributed by atoms with E-state index in [-0.39, 0.29) is 24.4 Å². The number of thiophene rings is 1. The second-order valence-electron chi connectivity index (χ2n) is 8.32. The predicted octanol–water partition coefficient (Wildman–Crippen LogP) is 2.54. The fourth-order valence-electron chi connectivity index (χ4n) is 4.52. The molecular weight excluding hydrogens is 414 g/mol. The SMILES string of the molecule is Cc1ccc(C(=O)N2CCN(C3CCN(Cc4ccc5nonc5c4)CC3)C(=O)C2)s1. The number of piperazine rings is 1. The number of carbonyl (C=O) groups is 2. The minimum Gasteiger partial charge on any atom is -0.336 e. The summed E-state index contributed by atoms with van der Waals surface area (Å²) in [5.41, 5.74) is 2.74. The highest BCUT2D eigenvalue weighted by atomic mass is 32.1. The Balaban J connectivity index is 1.14. The second-order valence-corrected chi connectivity index (χ2v) is 9.61. The third kappa shape index (κ3) is 4.20. The normalized spacial score (nSPS) is 18.8. The van der Waals surface area contributed by atoms with Crippen LogP contribution in [0.4, 0.5) is 0 Å². The lowest BCUT2D eigenvalue weighted by Crippen LogP contribution is -2.57. The Morgan fingerprint density at radius 2 is 1.90 bits per heavy atom. The summed E-state index contributed by atoms with van der Waals surface area (Å²) >= 11 is 1.49. The van der Waals surface area contributed by atoms with Crippen LogP contribution in [0.1, 0.15) is 33.0 Å². The molecule has 5 rings (SSSR count). The number of nitrogens with zero attached hydrogens (tertiary/aromatic N) is 5. The molecule has 0 N–H and O–H groups in total. The first-order valence-electron chi connectivity index (χ1n) is 10.7. The minimum atomic E-state index is -0.0276. The summed E-state index contributed by atoms with van der Waals surface area (Å²) in [5, 5.41) is 7.77. The molecule has 0 saturated carbocycles. The Hall–Kier alpha value is -2.78. The monoisotopic (exact) mass is 439 g/mol. The lowest BCUT2D eigenvalue weighted by atomic mass is 10.0. The van der Waals surface area contributed by atoms with E-state index >= 15 is 0 Å². The standard InChI is InChI=1S/C22H25N5O3S/c1-15-2-5-20(31-15)22(29)26-10-11-27(21(28)14-26)17-6-8-25(9-7-17)13-16-3-4-18-19(12-16)24-30-23-18/h2-5,12,17H,6-11,13-14H2,1H3. The molecule has 9 heteroatoms. The van der Waals surface area contributed by atoms with Crippen LogP contribution in [-0.2, 0) is 11.3 Å². The molecule has 4 heterocycles. The van der Waals surface area contributed by atoms with Crippen LogP contribution < -0.4 is 0 Å². The molecule has 2 aliphatic rings. The van der Waals surface area contributed by atoms with Gasteiger partial charge in [-0.05, 0) is 59.9 Å². The zero-order valence-electron chi connectivity index (χ0n) is 17.5. The van der Waals surface area contributed by atoms with Crippen LogP contribution in [0.5, 0.6) is 0 Å². The van der Waals surface area contributed by atoms with Crippen molar-refractivity contribution in [2.24, 2.45) is 0 Å². The van der Waals surface area contributed by atoms with Crippen LogP contribution in [0, 0.1) is 6.92 Å². The molecule has 2 saturated heterocycles. The highest BCUT2D eigenvalue weighted by molar-refractivity contribution is 7.13. The Labute approximate surface area is 184 Å². The molecule has 2 aliphatic heterocycles. The van der Waals surface area contributed by atoms with E-state index < -0.39 is 0 Å². The van der Waals surface area contributed by atoms with Gasteiger partial charge in [0, 0.05) is 43.6 Å². The highest BCUT2D eigenvalue weighted by Gasteiger charge is 2.34. The number of aromatic nitrogens is 2. The van der Waals surface area contributed by atoms with Crippen LogP contribution in [0.2, 0.25) is 0 Å². The van der Waals surface area contributed by atoms with Crippen molar-refractivity contribution in [3.63, 3.8) is 0 Å². The minimum absolute atomic E-state index is 0.0276. The van der Waals surface area contributed by atoms with Crippen molar-refractivity contribution in [2.75, 3.05) is 32.7 Å².